The van der Waals surface area contributed by atoms with Crippen molar-refractivity contribution in [1.29, 1.82) is 0 Å². The molecule has 1 aliphatic heterocycles. The third kappa shape index (κ3) is 4.07. The van der Waals surface area contributed by atoms with Crippen LogP contribution < -0.4 is 4.90 Å². The van der Waals surface area contributed by atoms with Crippen LogP contribution in [0.25, 0.3) is 0 Å². The molecule has 0 saturated heterocycles. The molecule has 2 aromatic rings. The van der Waals surface area contributed by atoms with Crippen molar-refractivity contribution in [2.45, 2.75) is 32.6 Å². The summed E-state index contributed by atoms with van der Waals surface area (Å²) in [6.45, 7) is 3.64. The van der Waals surface area contributed by atoms with Crippen LogP contribution in [0, 0.1) is 12.7 Å². The average Bonchev–Trinajstić information content (AvgIpc) is 3.00. The van der Waals surface area contributed by atoms with E-state index in [2.05, 4.69) is 11.0 Å². The Morgan fingerprint density at radius 2 is 2.12 bits per heavy atom. The van der Waals surface area contributed by atoms with Crippen molar-refractivity contribution in [3.63, 3.8) is 0 Å². The number of rotatable bonds is 7. The first-order chi connectivity index (χ1) is 12.1. The van der Waals surface area contributed by atoms with Crippen LogP contribution in [-0.2, 0) is 12.8 Å². The van der Waals surface area contributed by atoms with Crippen LogP contribution >= 0.6 is 0 Å². The zero-order valence-corrected chi connectivity index (χ0v) is 14.6. The quantitative estimate of drug-likeness (QED) is 0.781. The molecule has 132 valence electrons. The Morgan fingerprint density at radius 3 is 2.88 bits per heavy atom. The number of aliphatic hydroxyl groups excluding tert-OH is 1. The molecular weight excluding hydrogens is 317 g/mol. The molecule has 0 unspecified atom stereocenters. The molecule has 0 aliphatic carbocycles. The number of fused-ring (bicyclic) bond motifs is 1. The molecule has 1 aliphatic rings. The van der Waals surface area contributed by atoms with Gasteiger partial charge in [0.25, 0.3) is 0 Å². The Labute approximate surface area is 148 Å². The van der Waals surface area contributed by atoms with Gasteiger partial charge in [-0.15, -0.1) is 0 Å². The summed E-state index contributed by atoms with van der Waals surface area (Å²) in [5.74, 6) is -0.0814. The molecule has 0 radical (unpaired) electrons. The lowest BCUT2D eigenvalue weighted by molar-refractivity contribution is 0.0970. The molecule has 1 N–H and O–H groups in total. The molecule has 3 nitrogen and oxygen atoms in total. The van der Waals surface area contributed by atoms with Gasteiger partial charge in [-0.05, 0) is 61.1 Å². The number of carbonyl (C=O) groups is 1. The van der Waals surface area contributed by atoms with Crippen molar-refractivity contribution >= 4 is 11.5 Å². The molecule has 2 aromatic carbocycles. The second-order valence-corrected chi connectivity index (χ2v) is 6.68. The summed E-state index contributed by atoms with van der Waals surface area (Å²) < 4.78 is 13.5. The summed E-state index contributed by atoms with van der Waals surface area (Å²) in [5.41, 5.74) is 4.95. The number of nitrogens with zero attached hydrogens (tertiary/aromatic N) is 1. The molecule has 0 fully saturated rings. The SMILES string of the molecule is Cc1cc(F)cc(CCN2CCc3c(C(=O)CCCO)cccc32)c1. The molecule has 0 atom stereocenters. The predicted octanol–water partition coefficient (Wildman–Crippen LogP) is 3.69. The Hall–Kier alpha value is -2.20. The number of carbonyl (C=O) groups excluding carboxylic acids is 1. The van der Waals surface area contributed by atoms with Crippen molar-refractivity contribution in [2.24, 2.45) is 0 Å². The predicted molar refractivity (Wildman–Crippen MR) is 97.9 cm³/mol. The van der Waals surface area contributed by atoms with Crippen LogP contribution in [0.2, 0.25) is 0 Å². The molecule has 25 heavy (non-hydrogen) atoms. The number of ketones is 1. The highest BCUT2D eigenvalue weighted by Gasteiger charge is 2.23. The lowest BCUT2D eigenvalue weighted by atomic mass is 9.99. The first kappa shape index (κ1) is 17.6. The summed E-state index contributed by atoms with van der Waals surface area (Å²) in [7, 11) is 0. The summed E-state index contributed by atoms with van der Waals surface area (Å²) in [4.78, 5) is 14.6. The fraction of sp³-hybridized carbons (Fsp3) is 0.381. The van der Waals surface area contributed by atoms with E-state index in [1.165, 1.54) is 0 Å². The number of hydrogen-bond acceptors (Lipinski definition) is 3. The molecule has 0 saturated carbocycles. The van der Waals surface area contributed by atoms with Crippen molar-refractivity contribution in [1.82, 2.24) is 0 Å². The number of Topliss-reactive ketones (excluding diaryl/α,β-unsaturated/α-hetero) is 1. The lowest BCUT2D eigenvalue weighted by Gasteiger charge is -2.20. The minimum absolute atomic E-state index is 0.0416. The molecule has 0 amide bonds. The highest BCUT2D eigenvalue weighted by Crippen LogP contribution is 2.31. The van der Waals surface area contributed by atoms with Gasteiger partial charge in [-0.3, -0.25) is 4.79 Å². The largest absolute Gasteiger partial charge is 0.396 e. The summed E-state index contributed by atoms with van der Waals surface area (Å²) >= 11 is 0. The van der Waals surface area contributed by atoms with Crippen LogP contribution in [0.15, 0.2) is 36.4 Å². The smallest absolute Gasteiger partial charge is 0.163 e. The third-order valence-corrected chi connectivity index (χ3v) is 4.76. The van der Waals surface area contributed by atoms with Gasteiger partial charge >= 0.3 is 0 Å². The van der Waals surface area contributed by atoms with E-state index < -0.39 is 0 Å². The first-order valence-corrected chi connectivity index (χ1v) is 8.85. The summed E-state index contributed by atoms with van der Waals surface area (Å²) in [6, 6.07) is 11.0. The van der Waals surface area contributed by atoms with E-state index in [1.807, 2.05) is 25.1 Å². The van der Waals surface area contributed by atoms with Crippen LogP contribution in [0.5, 0.6) is 0 Å². The van der Waals surface area contributed by atoms with Crippen molar-refractivity contribution in [2.75, 3.05) is 24.6 Å². The monoisotopic (exact) mass is 341 g/mol. The van der Waals surface area contributed by atoms with Gasteiger partial charge in [0, 0.05) is 37.4 Å². The van der Waals surface area contributed by atoms with E-state index in [0.29, 0.717) is 12.8 Å². The highest BCUT2D eigenvalue weighted by atomic mass is 19.1. The summed E-state index contributed by atoms with van der Waals surface area (Å²) in [6.07, 6.45) is 2.53. The van der Waals surface area contributed by atoms with Gasteiger partial charge in [0.1, 0.15) is 5.82 Å². The Bertz CT molecular complexity index is 752. The average molecular weight is 341 g/mol. The number of aliphatic hydroxyl groups is 1. The van der Waals surface area contributed by atoms with E-state index in [9.17, 15) is 9.18 Å². The lowest BCUT2D eigenvalue weighted by Crippen LogP contribution is -2.23. The molecule has 3 rings (SSSR count). The maximum atomic E-state index is 13.5. The Kier molecular flexibility index (Phi) is 5.49. The Morgan fingerprint density at radius 1 is 1.28 bits per heavy atom. The fourth-order valence-corrected chi connectivity index (χ4v) is 3.59. The van der Waals surface area contributed by atoms with Gasteiger partial charge in [0.2, 0.25) is 0 Å². The Balaban J connectivity index is 1.72. The van der Waals surface area contributed by atoms with E-state index in [-0.39, 0.29) is 18.2 Å². The molecule has 0 bridgehead atoms. The maximum Gasteiger partial charge on any atom is 0.163 e. The normalized spacial score (nSPS) is 13.2. The standard InChI is InChI=1S/C21H24FNO2/c1-15-12-16(14-17(22)13-15)7-9-23-10-8-18-19(4-2-5-20(18)23)21(25)6-3-11-24/h2,4-5,12-14,24H,3,6-11H2,1H3. The first-order valence-electron chi connectivity index (χ1n) is 8.85. The topological polar surface area (TPSA) is 40.5 Å². The maximum absolute atomic E-state index is 13.5. The van der Waals surface area contributed by atoms with Crippen molar-refractivity contribution < 1.29 is 14.3 Å². The zero-order valence-electron chi connectivity index (χ0n) is 14.6. The van der Waals surface area contributed by atoms with E-state index in [1.54, 1.807) is 12.1 Å². The number of anilines is 1. The van der Waals surface area contributed by atoms with Crippen LogP contribution in [0.3, 0.4) is 0 Å². The molecule has 4 heteroatoms. The van der Waals surface area contributed by atoms with Crippen molar-refractivity contribution in [3.05, 3.63) is 64.5 Å². The summed E-state index contributed by atoms with van der Waals surface area (Å²) in [5, 5.41) is 8.93. The molecule has 0 spiro atoms. The minimum atomic E-state index is -0.186. The van der Waals surface area contributed by atoms with Crippen molar-refractivity contribution in [3.8, 4) is 0 Å². The van der Waals surface area contributed by atoms with Gasteiger partial charge in [-0.2, -0.15) is 0 Å². The van der Waals surface area contributed by atoms with Gasteiger partial charge in [-0.1, -0.05) is 18.2 Å². The van der Waals surface area contributed by atoms with E-state index >= 15 is 0 Å². The van der Waals surface area contributed by atoms with Gasteiger partial charge in [-0.25, -0.2) is 4.39 Å². The van der Waals surface area contributed by atoms with E-state index in [0.717, 1.165) is 53.9 Å². The van der Waals surface area contributed by atoms with Gasteiger partial charge in [0.05, 0.1) is 0 Å². The third-order valence-electron chi connectivity index (χ3n) is 4.76. The number of hydrogen-bond donors (Lipinski definition) is 1. The number of aryl methyl sites for hydroxylation is 1. The second kappa shape index (κ2) is 7.79. The van der Waals surface area contributed by atoms with E-state index in [4.69, 9.17) is 5.11 Å². The van der Waals surface area contributed by atoms with Gasteiger partial charge < -0.3 is 10.0 Å². The molecule has 0 aromatic heterocycles. The van der Waals surface area contributed by atoms with Crippen LogP contribution in [0.4, 0.5) is 10.1 Å². The van der Waals surface area contributed by atoms with Gasteiger partial charge in [0.15, 0.2) is 5.78 Å². The number of benzene rings is 2. The minimum Gasteiger partial charge on any atom is -0.396 e. The molecule has 1 heterocycles. The second-order valence-electron chi connectivity index (χ2n) is 6.68. The van der Waals surface area contributed by atoms with Crippen LogP contribution in [0.1, 0.15) is 39.9 Å². The number of halogens is 1. The fourth-order valence-electron chi connectivity index (χ4n) is 3.59. The van der Waals surface area contributed by atoms with Crippen LogP contribution in [-0.4, -0.2) is 30.6 Å². The molecular formula is C21H24FNO2. The zero-order chi connectivity index (χ0) is 17.8. The highest BCUT2D eigenvalue weighted by molar-refractivity contribution is 5.99.